The van der Waals surface area contributed by atoms with Crippen molar-refractivity contribution in [2.24, 2.45) is 35.5 Å². The molecular formula is C39H69F15O11Si3. The van der Waals surface area contributed by atoms with Gasteiger partial charge in [0.05, 0.1) is 6.61 Å². The predicted octanol–water partition coefficient (Wildman–Crippen LogP) is 11.2. The second kappa shape index (κ2) is 29.4. The molecule has 68 heavy (non-hydrogen) atoms. The lowest BCUT2D eigenvalue weighted by molar-refractivity contribution is -0.424. The summed E-state index contributed by atoms with van der Waals surface area (Å²) in [4.78, 5) is 0. The van der Waals surface area contributed by atoms with E-state index in [9.17, 15) is 57.1 Å². The molecule has 11 nitrogen and oxygen atoms in total. The van der Waals surface area contributed by atoms with Crippen LogP contribution in [-0.4, -0.2) is 147 Å². The molecular weight excluding hydrogens is 1010 g/mol. The van der Waals surface area contributed by atoms with Crippen molar-refractivity contribution in [3.05, 3.63) is 25.3 Å². The van der Waals surface area contributed by atoms with E-state index in [-0.39, 0.29) is 13.0 Å². The average Bonchev–Trinajstić information content (AvgIpc) is 3.27. The number of alkyl halides is 15. The maximum Gasteiger partial charge on any atom is 0.522 e. The molecule has 0 heterocycles. The fourth-order valence-electron chi connectivity index (χ4n) is 7.49. The number of rotatable bonds is 24. The van der Waals surface area contributed by atoms with Gasteiger partial charge in [0, 0.05) is 113 Å². The van der Waals surface area contributed by atoms with Crippen LogP contribution in [0.5, 0.6) is 0 Å². The third-order valence-electron chi connectivity index (χ3n) is 11.5. The van der Waals surface area contributed by atoms with Crippen LogP contribution in [0, 0.1) is 35.5 Å². The number of halogens is 15. The van der Waals surface area contributed by atoms with Crippen LogP contribution in [0.3, 0.4) is 0 Å². The third-order valence-corrected chi connectivity index (χ3v) is 18.2. The Morgan fingerprint density at radius 1 is 0.544 bits per heavy atom. The minimum absolute atomic E-state index is 0.144. The van der Waals surface area contributed by atoms with E-state index >= 15 is 8.78 Å². The molecule has 0 amide bonds. The highest BCUT2D eigenvalue weighted by atomic mass is 28.4. The van der Waals surface area contributed by atoms with Gasteiger partial charge in [0.1, 0.15) is 0 Å². The Labute approximate surface area is 393 Å². The topological polar surface area (TPSA) is 102 Å². The lowest BCUT2D eigenvalue weighted by atomic mass is 9.71. The summed E-state index contributed by atoms with van der Waals surface area (Å²) < 4.78 is 246. The number of allylic oxidation sites excluding steroid dienone is 2. The average molecular weight is 1080 g/mol. The van der Waals surface area contributed by atoms with Gasteiger partial charge in [0.25, 0.3) is 11.8 Å². The van der Waals surface area contributed by atoms with Gasteiger partial charge in [-0.15, -0.1) is 26.3 Å². The SMILES string of the molecule is C=CC1CC(C)CC(C=C)C1(F)F.COC(F)(F)C(F)(F)C(F)(F)C(F)(F)CCOC(F)(F)F.CO[SiH](OC)OC.CO[Si](CCC1CC(C)CC(CC[Si](OC)(OC)OC)C1(F)F)(OC)OC. The van der Waals surface area contributed by atoms with Gasteiger partial charge in [-0.25, -0.2) is 17.6 Å². The fourth-order valence-corrected chi connectivity index (χ4v) is 11.7. The van der Waals surface area contributed by atoms with E-state index in [0.717, 1.165) is 0 Å². The number of ether oxygens (including phenoxy) is 2. The van der Waals surface area contributed by atoms with Crippen molar-refractivity contribution < 1.29 is 115 Å². The maximum absolute atomic E-state index is 15.3. The third kappa shape index (κ3) is 19.2. The Kier molecular flexibility index (Phi) is 29.7. The van der Waals surface area contributed by atoms with Crippen LogP contribution in [0.1, 0.15) is 58.8 Å². The van der Waals surface area contributed by atoms with Gasteiger partial charge in [-0.3, -0.25) is 4.74 Å². The van der Waals surface area contributed by atoms with Crippen LogP contribution in [0.15, 0.2) is 25.3 Å². The van der Waals surface area contributed by atoms with Crippen molar-refractivity contribution >= 4 is 27.1 Å². The van der Waals surface area contributed by atoms with Gasteiger partial charge in [-0.05, 0) is 50.4 Å². The minimum atomic E-state index is -6.69. The first kappa shape index (κ1) is 68.7. The first-order valence-corrected chi connectivity index (χ1v) is 26.0. The molecule has 0 aliphatic heterocycles. The highest BCUT2D eigenvalue weighted by molar-refractivity contribution is 6.60. The molecule has 2 aliphatic carbocycles. The number of hydrogen-bond acceptors (Lipinski definition) is 11. The zero-order chi connectivity index (χ0) is 53.8. The molecule has 0 N–H and O–H groups in total. The fraction of sp³-hybridized carbons (Fsp3) is 0.897. The molecule has 0 aromatic carbocycles. The van der Waals surface area contributed by atoms with Gasteiger partial charge in [-0.1, -0.05) is 26.0 Å². The molecule has 2 aliphatic rings. The highest BCUT2D eigenvalue weighted by Gasteiger charge is 2.81. The molecule has 408 valence electrons. The lowest BCUT2D eigenvalue weighted by Gasteiger charge is -2.42. The summed E-state index contributed by atoms with van der Waals surface area (Å²) in [7, 11) is 6.23. The van der Waals surface area contributed by atoms with E-state index in [0.29, 0.717) is 56.5 Å². The Hall–Kier alpha value is -1.36. The van der Waals surface area contributed by atoms with E-state index in [1.54, 1.807) is 21.3 Å². The van der Waals surface area contributed by atoms with Crippen LogP contribution in [0.4, 0.5) is 65.9 Å². The van der Waals surface area contributed by atoms with E-state index in [4.69, 9.17) is 39.8 Å². The Bertz CT molecular complexity index is 1340. The summed E-state index contributed by atoms with van der Waals surface area (Å²) in [5, 5.41) is 0. The normalized spacial score (nSPS) is 23.6. The van der Waals surface area contributed by atoms with E-state index in [2.05, 4.69) is 22.6 Å². The van der Waals surface area contributed by atoms with Crippen molar-refractivity contribution in [1.29, 1.82) is 0 Å². The molecule has 4 atom stereocenters. The molecule has 2 fully saturated rings. The second-order valence-corrected chi connectivity index (χ2v) is 24.0. The smallest absolute Gasteiger partial charge is 0.379 e. The second-order valence-electron chi connectivity index (χ2n) is 15.9. The van der Waals surface area contributed by atoms with Gasteiger partial charge >= 0.3 is 57.4 Å². The van der Waals surface area contributed by atoms with E-state index in [1.807, 2.05) is 13.8 Å². The van der Waals surface area contributed by atoms with Crippen molar-refractivity contribution in [2.45, 2.75) is 113 Å². The van der Waals surface area contributed by atoms with Gasteiger partial charge in [0.15, 0.2) is 0 Å². The monoisotopic (exact) mass is 1080 g/mol. The van der Waals surface area contributed by atoms with Crippen molar-refractivity contribution in [2.75, 3.05) is 77.7 Å². The van der Waals surface area contributed by atoms with Crippen molar-refractivity contribution in [3.8, 4) is 0 Å². The molecule has 2 rings (SSSR count). The Morgan fingerprint density at radius 3 is 1.15 bits per heavy atom. The minimum Gasteiger partial charge on any atom is -0.379 e. The van der Waals surface area contributed by atoms with Gasteiger partial charge in [0.2, 0.25) is 0 Å². The molecule has 0 radical (unpaired) electrons. The Morgan fingerprint density at radius 2 is 0.882 bits per heavy atom. The summed E-state index contributed by atoms with van der Waals surface area (Å²) >= 11 is 0. The van der Waals surface area contributed by atoms with Crippen LogP contribution in [0.25, 0.3) is 0 Å². The van der Waals surface area contributed by atoms with Crippen LogP contribution < -0.4 is 0 Å². The lowest BCUT2D eigenvalue weighted by Crippen LogP contribution is -2.62. The summed E-state index contributed by atoms with van der Waals surface area (Å²) in [6.45, 7) is 8.84. The van der Waals surface area contributed by atoms with Crippen molar-refractivity contribution in [1.82, 2.24) is 0 Å². The number of hydrogen-bond donors (Lipinski definition) is 0. The van der Waals surface area contributed by atoms with Crippen LogP contribution in [-0.2, 0) is 49.3 Å². The van der Waals surface area contributed by atoms with Crippen molar-refractivity contribution in [3.63, 3.8) is 0 Å². The molecule has 0 bridgehead atoms. The largest absolute Gasteiger partial charge is 0.522 e. The molecule has 29 heteroatoms. The van der Waals surface area contributed by atoms with Crippen LogP contribution in [0.2, 0.25) is 12.1 Å². The van der Waals surface area contributed by atoms with E-state index in [1.165, 1.54) is 54.8 Å². The standard InChI is InChI=1S/C17H36F2O6Si2.C11H16F2.C8H7F11O2.C3H10O3Si/c1-14-12-15(8-10-26(20-2,21-3)22-4)17(18,19)16(13-14)9-11-27(23-5,24-6)25-7;1-4-9-6-8(3)7-10(5-2)11(9,12)13;1-20-7(15,16)6(13,14)5(11,12)4(9,10)2-3-21-8(17,18)19;1-4-7(5-2)6-3/h14-16H,8-13H2,1-7H3;4-5,8-10H,1-2,6-7H2,3H3;2-3H2,1H3;7H,1-3H3. The Balaban J connectivity index is 0. The molecule has 0 saturated heterocycles. The molecule has 0 aromatic heterocycles. The first-order valence-electron chi connectivity index (χ1n) is 20.7. The van der Waals surface area contributed by atoms with Gasteiger partial charge < -0.3 is 44.6 Å². The molecule has 4 unspecified atom stereocenters. The van der Waals surface area contributed by atoms with Crippen LogP contribution >= 0.6 is 0 Å². The highest BCUT2D eigenvalue weighted by Crippen LogP contribution is 2.54. The summed E-state index contributed by atoms with van der Waals surface area (Å²) in [6, 6.07) is 0.756. The maximum atomic E-state index is 15.3. The molecule has 0 spiro atoms. The summed E-state index contributed by atoms with van der Waals surface area (Å²) in [5.41, 5.74) is 0. The molecule has 0 aromatic rings. The number of methoxy groups -OCH3 is 1. The summed E-state index contributed by atoms with van der Waals surface area (Å²) in [6.07, 6.45) is -8.56. The zero-order valence-electron chi connectivity index (χ0n) is 40.3. The molecule has 2 saturated carbocycles. The predicted molar refractivity (Wildman–Crippen MR) is 225 cm³/mol. The first-order chi connectivity index (χ1) is 31.1. The zero-order valence-corrected chi connectivity index (χ0v) is 43.5. The summed E-state index contributed by atoms with van der Waals surface area (Å²) in [5.74, 6) is -26.9. The van der Waals surface area contributed by atoms with E-state index < -0.39 is 106 Å². The quantitative estimate of drug-likeness (QED) is 0.0525. The van der Waals surface area contributed by atoms with Gasteiger partial charge in [-0.2, -0.15) is 35.1 Å².